The molecule has 0 aromatic heterocycles. The number of hydrogen-bond acceptors (Lipinski definition) is 8. The molecule has 0 aromatic rings. The molecule has 0 radical (unpaired) electrons. The molecule has 0 aromatic carbocycles. The van der Waals surface area contributed by atoms with Crippen LogP contribution in [0, 0.1) is 0 Å². The van der Waals surface area contributed by atoms with Gasteiger partial charge in [-0.05, 0) is 25.4 Å². The number of aliphatic hydroxyl groups is 1. The predicted molar refractivity (Wildman–Crippen MR) is 99.4 cm³/mol. The Labute approximate surface area is 165 Å². The minimum Gasteiger partial charge on any atom is -0.481 e. The maximum atomic E-state index is 12.4. The Morgan fingerprint density at radius 3 is 2.00 bits per heavy atom. The SMILES string of the molecule is CSCCC(NC(=O)C(N)CC(=O)O)C(=O)NC(C)C(=O)NC(CO)C(=O)O. The lowest BCUT2D eigenvalue weighted by atomic mass is 10.1. The number of carbonyl (C=O) groups excluding carboxylic acids is 3. The van der Waals surface area contributed by atoms with E-state index in [1.54, 1.807) is 6.26 Å². The van der Waals surface area contributed by atoms with Crippen molar-refractivity contribution in [3.05, 3.63) is 0 Å². The number of hydrogen-bond donors (Lipinski definition) is 7. The second-order valence-corrected chi connectivity index (χ2v) is 6.84. The monoisotopic (exact) mass is 422 g/mol. The van der Waals surface area contributed by atoms with Gasteiger partial charge in [0.05, 0.1) is 19.1 Å². The van der Waals surface area contributed by atoms with Gasteiger partial charge in [0, 0.05) is 0 Å². The summed E-state index contributed by atoms with van der Waals surface area (Å²) < 4.78 is 0. The van der Waals surface area contributed by atoms with E-state index in [1.807, 2.05) is 0 Å². The van der Waals surface area contributed by atoms with Gasteiger partial charge in [-0.25, -0.2) is 4.79 Å². The molecule has 28 heavy (non-hydrogen) atoms. The van der Waals surface area contributed by atoms with E-state index in [9.17, 15) is 24.0 Å². The fourth-order valence-corrected chi connectivity index (χ4v) is 2.40. The number of nitrogens with two attached hydrogens (primary N) is 1. The summed E-state index contributed by atoms with van der Waals surface area (Å²) in [5.41, 5.74) is 5.47. The van der Waals surface area contributed by atoms with Crippen LogP contribution in [-0.4, -0.2) is 87.8 Å². The second kappa shape index (κ2) is 12.9. The molecule has 0 aliphatic rings. The van der Waals surface area contributed by atoms with Gasteiger partial charge in [-0.1, -0.05) is 0 Å². The van der Waals surface area contributed by atoms with E-state index >= 15 is 0 Å². The average Bonchev–Trinajstić information content (AvgIpc) is 2.61. The van der Waals surface area contributed by atoms with Crippen molar-refractivity contribution < 1.29 is 39.3 Å². The van der Waals surface area contributed by atoms with Crippen LogP contribution in [-0.2, 0) is 24.0 Å². The quantitative estimate of drug-likeness (QED) is 0.161. The Kier molecular flexibility index (Phi) is 11.8. The lowest BCUT2D eigenvalue weighted by Crippen LogP contribution is -2.56. The summed E-state index contributed by atoms with van der Waals surface area (Å²) in [7, 11) is 0. The molecule has 160 valence electrons. The maximum Gasteiger partial charge on any atom is 0.328 e. The van der Waals surface area contributed by atoms with Gasteiger partial charge < -0.3 is 37.0 Å². The highest BCUT2D eigenvalue weighted by Crippen LogP contribution is 2.03. The highest BCUT2D eigenvalue weighted by molar-refractivity contribution is 7.98. The van der Waals surface area contributed by atoms with Crippen LogP contribution in [0.1, 0.15) is 19.8 Å². The fraction of sp³-hybridized carbons (Fsp3) is 0.667. The number of thioether (sulfide) groups is 1. The molecule has 4 atom stereocenters. The van der Waals surface area contributed by atoms with Crippen LogP contribution in [0.5, 0.6) is 0 Å². The summed E-state index contributed by atoms with van der Waals surface area (Å²) in [6.45, 7) is 0.475. The minimum absolute atomic E-state index is 0.196. The molecule has 4 unspecified atom stereocenters. The van der Waals surface area contributed by atoms with Gasteiger partial charge >= 0.3 is 11.9 Å². The summed E-state index contributed by atoms with van der Waals surface area (Å²) in [4.78, 5) is 57.8. The molecule has 0 saturated carbocycles. The lowest BCUT2D eigenvalue weighted by Gasteiger charge is -2.23. The Balaban J connectivity index is 4.95. The van der Waals surface area contributed by atoms with E-state index in [0.29, 0.717) is 5.75 Å². The number of carboxylic acids is 2. The van der Waals surface area contributed by atoms with Crippen LogP contribution < -0.4 is 21.7 Å². The van der Waals surface area contributed by atoms with Crippen LogP contribution in [0.4, 0.5) is 0 Å². The molecule has 0 fully saturated rings. The van der Waals surface area contributed by atoms with Crippen molar-refractivity contribution in [3.63, 3.8) is 0 Å². The molecule has 0 heterocycles. The zero-order valence-corrected chi connectivity index (χ0v) is 16.3. The zero-order chi connectivity index (χ0) is 21.9. The van der Waals surface area contributed by atoms with Crippen LogP contribution >= 0.6 is 11.8 Å². The summed E-state index contributed by atoms with van der Waals surface area (Å²) in [6.07, 6.45) is 1.37. The molecule has 8 N–H and O–H groups in total. The molecular formula is C15H26N4O8S. The van der Waals surface area contributed by atoms with Crippen LogP contribution in [0.15, 0.2) is 0 Å². The number of carbonyl (C=O) groups is 5. The summed E-state index contributed by atoms with van der Waals surface area (Å²) >= 11 is 1.40. The Morgan fingerprint density at radius 1 is 0.964 bits per heavy atom. The molecule has 0 bridgehead atoms. The number of amides is 3. The van der Waals surface area contributed by atoms with Gasteiger partial charge in [0.1, 0.15) is 18.1 Å². The van der Waals surface area contributed by atoms with Crippen molar-refractivity contribution in [3.8, 4) is 0 Å². The van der Waals surface area contributed by atoms with E-state index in [1.165, 1.54) is 18.7 Å². The minimum atomic E-state index is -1.52. The number of carboxylic acid groups (broad SMARTS) is 2. The smallest absolute Gasteiger partial charge is 0.328 e. The topological polar surface area (TPSA) is 208 Å². The standard InChI is InChI=1S/C15H26N4O8S/c1-7(12(23)19-10(6-20)15(26)27)17-14(25)9(3-4-28-2)18-13(24)8(16)5-11(21)22/h7-10,20H,3-6,16H2,1-2H3,(H,17,25)(H,18,24)(H,19,23)(H,21,22)(H,26,27). The van der Waals surface area contributed by atoms with Crippen molar-refractivity contribution in [2.75, 3.05) is 18.6 Å². The molecule has 12 nitrogen and oxygen atoms in total. The number of aliphatic hydroxyl groups excluding tert-OH is 1. The van der Waals surface area contributed by atoms with E-state index in [2.05, 4.69) is 16.0 Å². The Bertz CT molecular complexity index is 588. The number of nitrogens with one attached hydrogen (secondary N) is 3. The van der Waals surface area contributed by atoms with Crippen LogP contribution in [0.2, 0.25) is 0 Å². The number of aliphatic carboxylic acids is 2. The summed E-state index contributed by atoms with van der Waals surface area (Å²) in [5, 5.41) is 33.2. The first-order valence-electron chi connectivity index (χ1n) is 8.24. The maximum absolute atomic E-state index is 12.4. The number of rotatable bonds is 13. The second-order valence-electron chi connectivity index (χ2n) is 5.86. The van der Waals surface area contributed by atoms with E-state index in [4.69, 9.17) is 21.1 Å². The third kappa shape index (κ3) is 9.53. The Hall–Kier alpha value is -2.38. The first-order chi connectivity index (χ1) is 13.0. The van der Waals surface area contributed by atoms with Crippen molar-refractivity contribution in [2.24, 2.45) is 5.73 Å². The first-order valence-corrected chi connectivity index (χ1v) is 9.63. The van der Waals surface area contributed by atoms with E-state index in [0.717, 1.165) is 0 Å². The third-order valence-corrected chi connectivity index (χ3v) is 4.17. The van der Waals surface area contributed by atoms with Crippen LogP contribution in [0.3, 0.4) is 0 Å². The molecule has 0 saturated heterocycles. The van der Waals surface area contributed by atoms with Crippen molar-refractivity contribution in [1.29, 1.82) is 0 Å². The Morgan fingerprint density at radius 2 is 1.54 bits per heavy atom. The van der Waals surface area contributed by atoms with Gasteiger partial charge in [0.25, 0.3) is 0 Å². The van der Waals surface area contributed by atoms with Gasteiger partial charge in [-0.3, -0.25) is 19.2 Å². The highest BCUT2D eigenvalue weighted by atomic mass is 32.2. The van der Waals surface area contributed by atoms with Gasteiger partial charge in [-0.2, -0.15) is 11.8 Å². The largest absolute Gasteiger partial charge is 0.481 e. The molecule has 0 aliphatic heterocycles. The summed E-state index contributed by atoms with van der Waals surface area (Å²) in [6, 6.07) is -5.08. The molecule has 0 aliphatic carbocycles. The fourth-order valence-electron chi connectivity index (χ4n) is 1.93. The van der Waals surface area contributed by atoms with Gasteiger partial charge in [-0.15, -0.1) is 0 Å². The lowest BCUT2D eigenvalue weighted by molar-refractivity contribution is -0.143. The highest BCUT2D eigenvalue weighted by Gasteiger charge is 2.28. The third-order valence-electron chi connectivity index (χ3n) is 3.52. The van der Waals surface area contributed by atoms with Crippen molar-refractivity contribution in [1.82, 2.24) is 16.0 Å². The van der Waals surface area contributed by atoms with Crippen LogP contribution in [0.25, 0.3) is 0 Å². The molecule has 13 heteroatoms. The molecule has 0 spiro atoms. The zero-order valence-electron chi connectivity index (χ0n) is 15.5. The van der Waals surface area contributed by atoms with Crippen molar-refractivity contribution in [2.45, 2.75) is 43.9 Å². The molecule has 3 amide bonds. The van der Waals surface area contributed by atoms with Gasteiger partial charge in [0.2, 0.25) is 17.7 Å². The van der Waals surface area contributed by atoms with E-state index < -0.39 is 66.9 Å². The van der Waals surface area contributed by atoms with Crippen molar-refractivity contribution >= 4 is 41.4 Å². The average molecular weight is 422 g/mol. The summed E-state index contributed by atoms with van der Waals surface area (Å²) in [5.74, 6) is -4.61. The first kappa shape index (κ1) is 25.6. The predicted octanol–water partition coefficient (Wildman–Crippen LogP) is -2.91. The normalized spacial score (nSPS) is 14.9. The molecule has 0 rings (SSSR count). The molecular weight excluding hydrogens is 396 g/mol. The van der Waals surface area contributed by atoms with Gasteiger partial charge in [0.15, 0.2) is 0 Å². The van der Waals surface area contributed by atoms with E-state index in [-0.39, 0.29) is 6.42 Å².